The lowest BCUT2D eigenvalue weighted by atomic mass is 10.2. The maximum absolute atomic E-state index is 11.6. The van der Waals surface area contributed by atoms with Crippen molar-refractivity contribution in [3.8, 4) is 0 Å². The average Bonchev–Trinajstić information content (AvgIpc) is 2.49. The van der Waals surface area contributed by atoms with Crippen molar-refractivity contribution in [2.45, 2.75) is 38.8 Å². The molecule has 0 bridgehead atoms. The smallest absolute Gasteiger partial charge is 0.410 e. The minimum absolute atomic E-state index is 0.102. The molecule has 80 valence electrons. The van der Waals surface area contributed by atoms with Gasteiger partial charge in [-0.2, -0.15) is 0 Å². The number of rotatable bonds is 2. The molecule has 1 aliphatic heterocycles. The summed E-state index contributed by atoms with van der Waals surface area (Å²) in [7, 11) is 0. The van der Waals surface area contributed by atoms with Crippen molar-refractivity contribution in [3.63, 3.8) is 0 Å². The molecule has 1 fully saturated rings. The summed E-state index contributed by atoms with van der Waals surface area (Å²) in [5.41, 5.74) is 5.54. The van der Waals surface area contributed by atoms with Gasteiger partial charge in [-0.1, -0.05) is 12.2 Å². The number of nitrogens with zero attached hydrogens (tertiary/aromatic N) is 1. The molecule has 1 saturated heterocycles. The van der Waals surface area contributed by atoms with Crippen LogP contribution in [0.5, 0.6) is 0 Å². The van der Waals surface area contributed by atoms with E-state index in [4.69, 9.17) is 22.7 Å². The molecule has 0 spiro atoms. The van der Waals surface area contributed by atoms with Crippen LogP contribution in [0.1, 0.15) is 26.7 Å². The van der Waals surface area contributed by atoms with Gasteiger partial charge in [0.05, 0.1) is 17.1 Å². The Balaban J connectivity index is 2.58. The first-order chi connectivity index (χ1) is 6.52. The quantitative estimate of drug-likeness (QED) is 0.706. The number of likely N-dealkylation sites (tertiary alicyclic amines) is 1. The first kappa shape index (κ1) is 11.2. The fourth-order valence-corrected chi connectivity index (χ4v) is 1.80. The molecule has 0 aromatic rings. The molecule has 0 radical (unpaired) electrons. The van der Waals surface area contributed by atoms with Crippen molar-refractivity contribution in [2.24, 2.45) is 5.73 Å². The summed E-state index contributed by atoms with van der Waals surface area (Å²) in [5, 5.41) is 0. The van der Waals surface area contributed by atoms with Gasteiger partial charge in [-0.05, 0) is 26.7 Å². The third kappa shape index (κ3) is 2.57. The summed E-state index contributed by atoms with van der Waals surface area (Å²) in [4.78, 5) is 13.6. The number of hydrogen-bond donors (Lipinski definition) is 1. The van der Waals surface area contributed by atoms with Crippen LogP contribution in [0, 0.1) is 0 Å². The van der Waals surface area contributed by atoms with E-state index in [0.717, 1.165) is 12.8 Å². The monoisotopic (exact) mass is 216 g/mol. The molecule has 4 nitrogen and oxygen atoms in total. The highest BCUT2D eigenvalue weighted by Crippen LogP contribution is 2.18. The molecule has 1 amide bonds. The normalized spacial score (nSPS) is 21.4. The summed E-state index contributed by atoms with van der Waals surface area (Å²) >= 11 is 4.89. The Morgan fingerprint density at radius 1 is 1.64 bits per heavy atom. The zero-order valence-electron chi connectivity index (χ0n) is 8.53. The molecule has 1 unspecified atom stereocenters. The van der Waals surface area contributed by atoms with E-state index in [1.165, 1.54) is 0 Å². The minimum atomic E-state index is -0.310. The molecule has 0 aromatic carbocycles. The summed E-state index contributed by atoms with van der Waals surface area (Å²) in [6.07, 6.45) is 1.38. The van der Waals surface area contributed by atoms with E-state index >= 15 is 0 Å². The average molecular weight is 216 g/mol. The maximum Gasteiger partial charge on any atom is 0.410 e. The first-order valence-corrected chi connectivity index (χ1v) is 5.19. The standard InChI is InChI=1S/C9H16N2O2S/c1-6(2)13-9(12)11-5-3-4-7(11)8(10)14/h6-7H,3-5H2,1-2H3,(H2,10,14). The van der Waals surface area contributed by atoms with Gasteiger partial charge >= 0.3 is 6.09 Å². The van der Waals surface area contributed by atoms with Gasteiger partial charge < -0.3 is 10.5 Å². The second-order valence-corrected chi connectivity index (χ2v) is 4.16. The van der Waals surface area contributed by atoms with Crippen LogP contribution in [0.15, 0.2) is 0 Å². The van der Waals surface area contributed by atoms with Crippen LogP contribution < -0.4 is 5.73 Å². The Morgan fingerprint density at radius 3 is 2.79 bits per heavy atom. The van der Waals surface area contributed by atoms with E-state index < -0.39 is 0 Å². The molecule has 0 aromatic heterocycles. The summed E-state index contributed by atoms with van der Waals surface area (Å²) in [5.74, 6) is 0. The van der Waals surface area contributed by atoms with Crippen LogP contribution in [-0.4, -0.2) is 34.7 Å². The van der Waals surface area contributed by atoms with Crippen molar-refractivity contribution in [3.05, 3.63) is 0 Å². The molecule has 1 aliphatic rings. The van der Waals surface area contributed by atoms with E-state index in [9.17, 15) is 4.79 Å². The molecular weight excluding hydrogens is 200 g/mol. The van der Waals surface area contributed by atoms with Gasteiger partial charge in [-0.15, -0.1) is 0 Å². The predicted molar refractivity (Wildman–Crippen MR) is 58.1 cm³/mol. The molecule has 5 heteroatoms. The Labute approximate surface area is 89.4 Å². The number of amides is 1. The van der Waals surface area contributed by atoms with Crippen molar-refractivity contribution in [1.82, 2.24) is 4.90 Å². The lowest BCUT2D eigenvalue weighted by Gasteiger charge is -2.23. The molecule has 0 saturated carbocycles. The van der Waals surface area contributed by atoms with Crippen LogP contribution in [0.3, 0.4) is 0 Å². The number of carbonyl (C=O) groups is 1. The van der Waals surface area contributed by atoms with Gasteiger partial charge in [-0.25, -0.2) is 4.79 Å². The zero-order valence-corrected chi connectivity index (χ0v) is 9.34. The van der Waals surface area contributed by atoms with E-state index in [-0.39, 0.29) is 18.2 Å². The number of carbonyl (C=O) groups excluding carboxylic acids is 1. The van der Waals surface area contributed by atoms with Crippen LogP contribution in [0.25, 0.3) is 0 Å². The SMILES string of the molecule is CC(C)OC(=O)N1CCCC1C(N)=S. The number of hydrogen-bond acceptors (Lipinski definition) is 3. The summed E-state index contributed by atoms with van der Waals surface area (Å²) < 4.78 is 5.09. The van der Waals surface area contributed by atoms with E-state index in [0.29, 0.717) is 11.5 Å². The molecule has 1 heterocycles. The van der Waals surface area contributed by atoms with Crippen molar-refractivity contribution in [1.29, 1.82) is 0 Å². The largest absolute Gasteiger partial charge is 0.447 e. The van der Waals surface area contributed by atoms with E-state index in [2.05, 4.69) is 0 Å². The summed E-state index contributed by atoms with van der Waals surface area (Å²) in [6.45, 7) is 4.33. The maximum atomic E-state index is 11.6. The minimum Gasteiger partial charge on any atom is -0.447 e. The molecule has 0 aliphatic carbocycles. The third-order valence-electron chi connectivity index (χ3n) is 2.15. The van der Waals surface area contributed by atoms with Gasteiger partial charge in [-0.3, -0.25) is 4.90 Å². The van der Waals surface area contributed by atoms with Crippen molar-refractivity contribution in [2.75, 3.05) is 6.54 Å². The molecule has 1 rings (SSSR count). The highest BCUT2D eigenvalue weighted by molar-refractivity contribution is 7.80. The van der Waals surface area contributed by atoms with Crippen molar-refractivity contribution >= 4 is 23.3 Å². The Hall–Kier alpha value is -0.840. The predicted octanol–water partition coefficient (Wildman–Crippen LogP) is 1.28. The second-order valence-electron chi connectivity index (χ2n) is 3.69. The van der Waals surface area contributed by atoms with Crippen molar-refractivity contribution < 1.29 is 9.53 Å². The molecule has 1 atom stereocenters. The van der Waals surface area contributed by atoms with Crippen LogP contribution in [0.4, 0.5) is 4.79 Å². The van der Waals surface area contributed by atoms with Gasteiger partial charge in [0.15, 0.2) is 0 Å². The molecule has 2 N–H and O–H groups in total. The number of thiocarbonyl (C=S) groups is 1. The second kappa shape index (κ2) is 4.59. The van der Waals surface area contributed by atoms with Crippen LogP contribution in [0.2, 0.25) is 0 Å². The zero-order chi connectivity index (χ0) is 10.7. The Bertz CT molecular complexity index is 243. The Kier molecular flexibility index (Phi) is 3.69. The lowest BCUT2D eigenvalue weighted by Crippen LogP contribution is -2.43. The highest BCUT2D eigenvalue weighted by atomic mass is 32.1. The fraction of sp³-hybridized carbons (Fsp3) is 0.778. The molecular formula is C9H16N2O2S. The van der Waals surface area contributed by atoms with Crippen LogP contribution in [-0.2, 0) is 4.74 Å². The Morgan fingerprint density at radius 2 is 2.29 bits per heavy atom. The van der Waals surface area contributed by atoms with Gasteiger partial charge in [0.2, 0.25) is 0 Å². The topological polar surface area (TPSA) is 55.6 Å². The first-order valence-electron chi connectivity index (χ1n) is 4.79. The van der Waals surface area contributed by atoms with E-state index in [1.807, 2.05) is 13.8 Å². The third-order valence-corrected chi connectivity index (χ3v) is 2.42. The van der Waals surface area contributed by atoms with Gasteiger partial charge in [0, 0.05) is 6.54 Å². The van der Waals surface area contributed by atoms with E-state index in [1.54, 1.807) is 4.90 Å². The fourth-order valence-electron chi connectivity index (χ4n) is 1.55. The number of nitrogens with two attached hydrogens (primary N) is 1. The van der Waals surface area contributed by atoms with Crippen LogP contribution >= 0.6 is 12.2 Å². The van der Waals surface area contributed by atoms with Gasteiger partial charge in [0.1, 0.15) is 0 Å². The number of ether oxygens (including phenoxy) is 1. The summed E-state index contributed by atoms with van der Waals surface area (Å²) in [6, 6.07) is -0.115. The van der Waals surface area contributed by atoms with Gasteiger partial charge in [0.25, 0.3) is 0 Å². The molecule has 14 heavy (non-hydrogen) atoms. The highest BCUT2D eigenvalue weighted by Gasteiger charge is 2.31. The lowest BCUT2D eigenvalue weighted by molar-refractivity contribution is 0.0795.